The van der Waals surface area contributed by atoms with Gasteiger partial charge in [0.05, 0.1) is 29.4 Å². The molecule has 3 heterocycles. The van der Waals surface area contributed by atoms with E-state index in [-0.39, 0.29) is 17.9 Å². The molecule has 9 heteroatoms. The van der Waals surface area contributed by atoms with E-state index < -0.39 is 0 Å². The second-order valence-electron chi connectivity index (χ2n) is 8.75. The Morgan fingerprint density at radius 3 is 3.00 bits per heavy atom. The van der Waals surface area contributed by atoms with Crippen LogP contribution in [-0.2, 0) is 17.6 Å². The molecule has 8 nitrogen and oxygen atoms in total. The van der Waals surface area contributed by atoms with Crippen LogP contribution < -0.4 is 10.1 Å². The molecular formula is C24H28N6O2S. The molecule has 0 saturated carbocycles. The number of ether oxygens (including phenoxy) is 1. The number of nitrogens with one attached hydrogen (secondary N) is 2. The molecule has 1 atom stereocenters. The molecule has 33 heavy (non-hydrogen) atoms. The second kappa shape index (κ2) is 8.62. The van der Waals surface area contributed by atoms with Gasteiger partial charge in [0.2, 0.25) is 5.91 Å². The number of aromatic nitrogens is 4. The van der Waals surface area contributed by atoms with Crippen LogP contribution in [0.3, 0.4) is 0 Å². The van der Waals surface area contributed by atoms with Crippen LogP contribution in [0.1, 0.15) is 37.6 Å². The highest BCUT2D eigenvalue weighted by Gasteiger charge is 2.31. The van der Waals surface area contributed by atoms with Crippen molar-refractivity contribution < 1.29 is 9.53 Å². The Labute approximate surface area is 196 Å². The lowest BCUT2D eigenvalue weighted by molar-refractivity contribution is -0.136. The van der Waals surface area contributed by atoms with Crippen LogP contribution in [0.25, 0.3) is 21.1 Å². The van der Waals surface area contributed by atoms with Gasteiger partial charge in [-0.1, -0.05) is 0 Å². The third kappa shape index (κ3) is 3.90. The maximum atomic E-state index is 12.9. The van der Waals surface area contributed by atoms with Crippen LogP contribution in [0.15, 0.2) is 24.7 Å². The van der Waals surface area contributed by atoms with Crippen molar-refractivity contribution in [2.45, 2.75) is 46.1 Å². The highest BCUT2D eigenvalue weighted by atomic mass is 32.1. The van der Waals surface area contributed by atoms with Crippen LogP contribution in [0, 0.1) is 5.92 Å². The molecule has 172 valence electrons. The van der Waals surface area contributed by atoms with Crippen LogP contribution in [0.5, 0.6) is 5.75 Å². The van der Waals surface area contributed by atoms with E-state index in [0.29, 0.717) is 6.61 Å². The molecule has 5 rings (SSSR count). The molecule has 1 aliphatic carbocycles. The molecule has 2 N–H and O–H groups in total. The summed E-state index contributed by atoms with van der Waals surface area (Å²) >= 11 is 1.68. The monoisotopic (exact) mass is 464 g/mol. The number of carbonyl (C=O) groups is 1. The Kier molecular flexibility index (Phi) is 5.65. The SMILES string of the molecule is CCOc1cc2[nH]ncc2cc1Nc1ncnc2sc3c(c12)CC[C@H](C(=O)N(C)C(C)C)C3. The first kappa shape index (κ1) is 21.6. The number of benzene rings is 1. The predicted molar refractivity (Wildman–Crippen MR) is 131 cm³/mol. The van der Waals surface area contributed by atoms with Crippen LogP contribution >= 0.6 is 11.3 Å². The first-order chi connectivity index (χ1) is 16.0. The fraction of sp³-hybridized carbons (Fsp3) is 0.417. The average Bonchev–Trinajstić information content (AvgIpc) is 3.41. The van der Waals surface area contributed by atoms with Crippen LogP contribution in [-0.4, -0.2) is 50.7 Å². The summed E-state index contributed by atoms with van der Waals surface area (Å²) in [6, 6.07) is 4.18. The van der Waals surface area contributed by atoms with Crippen molar-refractivity contribution in [1.29, 1.82) is 0 Å². The summed E-state index contributed by atoms with van der Waals surface area (Å²) in [4.78, 5) is 26.1. The normalized spacial score (nSPS) is 15.7. The quantitative estimate of drug-likeness (QED) is 0.430. The minimum absolute atomic E-state index is 0.0235. The molecule has 0 bridgehead atoms. The average molecular weight is 465 g/mol. The van der Waals surface area contributed by atoms with Gasteiger partial charge in [-0.3, -0.25) is 9.89 Å². The summed E-state index contributed by atoms with van der Waals surface area (Å²) in [7, 11) is 1.90. The van der Waals surface area contributed by atoms with Gasteiger partial charge in [-0.2, -0.15) is 5.10 Å². The Morgan fingerprint density at radius 1 is 1.36 bits per heavy atom. The van der Waals surface area contributed by atoms with E-state index in [0.717, 1.165) is 57.6 Å². The summed E-state index contributed by atoms with van der Waals surface area (Å²) in [6.07, 6.45) is 5.84. The zero-order chi connectivity index (χ0) is 23.1. The fourth-order valence-electron chi connectivity index (χ4n) is 4.43. The molecule has 0 fully saturated rings. The van der Waals surface area contributed by atoms with Crippen molar-refractivity contribution in [2.24, 2.45) is 5.92 Å². The van der Waals surface area contributed by atoms with Crippen molar-refractivity contribution in [1.82, 2.24) is 25.1 Å². The Hall–Kier alpha value is -3.20. The molecule has 0 unspecified atom stereocenters. The Bertz CT molecular complexity index is 1330. The molecule has 0 radical (unpaired) electrons. The number of fused-ring (bicyclic) bond motifs is 4. The highest BCUT2D eigenvalue weighted by molar-refractivity contribution is 7.19. The summed E-state index contributed by atoms with van der Waals surface area (Å²) in [5.74, 6) is 1.76. The van der Waals surface area contributed by atoms with E-state index in [1.807, 2.05) is 31.0 Å². The molecule has 0 saturated heterocycles. The van der Waals surface area contributed by atoms with Gasteiger partial charge in [-0.25, -0.2) is 9.97 Å². The van der Waals surface area contributed by atoms with Gasteiger partial charge >= 0.3 is 0 Å². The molecule has 0 aliphatic heterocycles. The summed E-state index contributed by atoms with van der Waals surface area (Å²) in [5.41, 5.74) is 3.02. The standard InChI is InChI=1S/C24H28N6O2S/c1-5-32-19-10-17-15(11-27-29-17)8-18(19)28-22-21-16-7-6-14(24(31)30(4)13(2)3)9-20(16)33-23(21)26-12-25-22/h8,10-14H,5-7,9H2,1-4H3,(H,27,29)(H,25,26,28)/t14-/m0/s1. The summed E-state index contributed by atoms with van der Waals surface area (Å²) in [5, 5.41) is 12.7. The first-order valence-electron chi connectivity index (χ1n) is 11.3. The van der Waals surface area contributed by atoms with E-state index in [1.165, 1.54) is 10.4 Å². The van der Waals surface area contributed by atoms with E-state index in [1.54, 1.807) is 23.9 Å². The van der Waals surface area contributed by atoms with Crippen molar-refractivity contribution in [2.75, 3.05) is 19.0 Å². The topological polar surface area (TPSA) is 96.0 Å². The van der Waals surface area contributed by atoms with Crippen LogP contribution in [0.4, 0.5) is 11.5 Å². The van der Waals surface area contributed by atoms with E-state index in [9.17, 15) is 4.79 Å². The number of aromatic amines is 1. The number of hydrogen-bond donors (Lipinski definition) is 2. The van der Waals surface area contributed by atoms with Crippen molar-refractivity contribution in [3.8, 4) is 5.75 Å². The third-order valence-corrected chi connectivity index (χ3v) is 7.57. The smallest absolute Gasteiger partial charge is 0.226 e. The second-order valence-corrected chi connectivity index (χ2v) is 9.84. The number of rotatable bonds is 6. The molecule has 3 aromatic heterocycles. The number of H-pyrrole nitrogens is 1. The lowest BCUT2D eigenvalue weighted by Gasteiger charge is -2.29. The molecule has 4 aromatic rings. The van der Waals surface area contributed by atoms with Gasteiger partial charge in [0.1, 0.15) is 22.7 Å². The largest absolute Gasteiger partial charge is 0.492 e. The molecule has 1 amide bonds. The number of nitrogens with zero attached hydrogens (tertiary/aromatic N) is 4. The van der Waals surface area contributed by atoms with Crippen molar-refractivity contribution >= 4 is 49.9 Å². The maximum absolute atomic E-state index is 12.9. The fourth-order valence-corrected chi connectivity index (χ4v) is 5.70. The number of amides is 1. The van der Waals surface area contributed by atoms with Crippen molar-refractivity contribution in [3.63, 3.8) is 0 Å². The van der Waals surface area contributed by atoms with Gasteiger partial charge in [-0.05, 0) is 51.7 Å². The molecular weight excluding hydrogens is 436 g/mol. The van der Waals surface area contributed by atoms with E-state index >= 15 is 0 Å². The van der Waals surface area contributed by atoms with Gasteiger partial charge in [0, 0.05) is 35.3 Å². The number of anilines is 2. The Balaban J connectivity index is 1.50. The summed E-state index contributed by atoms with van der Waals surface area (Å²) < 4.78 is 5.88. The Morgan fingerprint density at radius 2 is 2.21 bits per heavy atom. The molecule has 0 spiro atoms. The first-order valence-corrected chi connectivity index (χ1v) is 12.2. The highest BCUT2D eigenvalue weighted by Crippen LogP contribution is 2.42. The molecule has 1 aromatic carbocycles. The number of hydrogen-bond acceptors (Lipinski definition) is 7. The van der Waals surface area contributed by atoms with Gasteiger partial charge < -0.3 is 15.0 Å². The minimum atomic E-state index is 0.0235. The van der Waals surface area contributed by atoms with Gasteiger partial charge in [0.25, 0.3) is 0 Å². The predicted octanol–water partition coefficient (Wildman–Crippen LogP) is 4.68. The van der Waals surface area contributed by atoms with E-state index in [4.69, 9.17) is 4.74 Å². The van der Waals surface area contributed by atoms with Gasteiger partial charge in [0.15, 0.2) is 0 Å². The zero-order valence-electron chi connectivity index (χ0n) is 19.3. The van der Waals surface area contributed by atoms with Crippen LogP contribution in [0.2, 0.25) is 0 Å². The van der Waals surface area contributed by atoms with Crippen molar-refractivity contribution in [3.05, 3.63) is 35.1 Å². The minimum Gasteiger partial charge on any atom is -0.492 e. The lowest BCUT2D eigenvalue weighted by atomic mass is 9.86. The number of carbonyl (C=O) groups excluding carboxylic acids is 1. The number of thiophene rings is 1. The zero-order valence-corrected chi connectivity index (χ0v) is 20.1. The summed E-state index contributed by atoms with van der Waals surface area (Å²) in [6.45, 7) is 6.63. The van der Waals surface area contributed by atoms with Gasteiger partial charge in [-0.15, -0.1) is 11.3 Å². The maximum Gasteiger partial charge on any atom is 0.226 e. The number of aryl methyl sites for hydroxylation is 1. The third-order valence-electron chi connectivity index (χ3n) is 6.41. The molecule has 1 aliphatic rings. The lowest BCUT2D eigenvalue weighted by Crippen LogP contribution is -2.39. The van der Waals surface area contributed by atoms with E-state index in [2.05, 4.69) is 39.3 Å².